The number of hydrogen-bond acceptors (Lipinski definition) is 2. The summed E-state index contributed by atoms with van der Waals surface area (Å²) >= 11 is 0. The zero-order valence-corrected chi connectivity index (χ0v) is 40.3. The van der Waals surface area contributed by atoms with Gasteiger partial charge in [-0.05, 0) is 113 Å². The smallest absolute Gasteiger partial charge is 0.309 e. The second-order valence-corrected chi connectivity index (χ2v) is 18.8. The number of benzene rings is 9. The third kappa shape index (κ3) is 8.52. The largest absolute Gasteiger partial charge is 0.417 e. The van der Waals surface area contributed by atoms with E-state index in [-0.39, 0.29) is 17.2 Å². The number of rotatable bonds is 7. The van der Waals surface area contributed by atoms with Crippen LogP contribution in [0.4, 0.5) is 39.5 Å². The lowest BCUT2D eigenvalue weighted by atomic mass is 9.95. The molecule has 376 valence electrons. The molecule has 12 rings (SSSR count). The van der Waals surface area contributed by atoms with Gasteiger partial charge in [-0.1, -0.05) is 133 Å². The van der Waals surface area contributed by atoms with Gasteiger partial charge in [0, 0.05) is 38.2 Å². The Bertz CT molecular complexity index is 4310. The van der Waals surface area contributed by atoms with E-state index in [4.69, 9.17) is 4.98 Å². The molecule has 4 nitrogen and oxygen atoms in total. The first-order valence-corrected chi connectivity index (χ1v) is 24.2. The fourth-order valence-electron chi connectivity index (χ4n) is 10.6. The van der Waals surface area contributed by atoms with Crippen molar-refractivity contribution < 1.29 is 39.5 Å². The number of aryl methyl sites for hydroxylation is 1. The van der Waals surface area contributed by atoms with Crippen LogP contribution in [0.1, 0.15) is 27.8 Å². The van der Waals surface area contributed by atoms with E-state index >= 15 is 0 Å². The second kappa shape index (κ2) is 18.2. The minimum absolute atomic E-state index is 0.00675. The van der Waals surface area contributed by atoms with Crippen LogP contribution < -0.4 is 0 Å². The van der Waals surface area contributed by atoms with Crippen LogP contribution in [0.3, 0.4) is 0 Å². The van der Waals surface area contributed by atoms with Crippen LogP contribution >= 0.6 is 0 Å². The van der Waals surface area contributed by atoms with E-state index in [0.29, 0.717) is 84.0 Å². The molecule has 9 aromatic carbocycles. The summed E-state index contributed by atoms with van der Waals surface area (Å²) in [7, 11) is 0. The van der Waals surface area contributed by atoms with E-state index in [9.17, 15) is 44.8 Å². The van der Waals surface area contributed by atoms with E-state index in [0.717, 1.165) is 45.6 Å². The summed E-state index contributed by atoms with van der Waals surface area (Å²) in [6.07, 6.45) is -14.7. The predicted molar refractivity (Wildman–Crippen MR) is 285 cm³/mol. The Hall–Kier alpha value is -9.41. The van der Waals surface area contributed by atoms with Crippen molar-refractivity contribution in [2.24, 2.45) is 0 Å². The molecule has 13 heteroatoms. The number of pyridine rings is 1. The van der Waals surface area contributed by atoms with Gasteiger partial charge in [0.2, 0.25) is 0 Å². The van der Waals surface area contributed by atoms with Crippen LogP contribution in [0.25, 0.3) is 111 Å². The van der Waals surface area contributed by atoms with E-state index in [2.05, 4.69) is 6.07 Å². The number of nitriles is 1. The van der Waals surface area contributed by atoms with Gasteiger partial charge in [-0.3, -0.25) is 0 Å². The van der Waals surface area contributed by atoms with Crippen LogP contribution in [0.5, 0.6) is 0 Å². The Labute approximate surface area is 433 Å². The van der Waals surface area contributed by atoms with Crippen molar-refractivity contribution in [3.05, 3.63) is 234 Å². The summed E-state index contributed by atoms with van der Waals surface area (Å²) in [5.41, 5.74) is 5.03. The van der Waals surface area contributed by atoms with Crippen LogP contribution in [-0.2, 0) is 18.5 Å². The Morgan fingerprint density at radius 3 is 1.35 bits per heavy atom. The first kappa shape index (κ1) is 48.5. The second-order valence-electron chi connectivity index (χ2n) is 18.8. The van der Waals surface area contributed by atoms with Gasteiger partial charge in [-0.15, -0.1) is 0 Å². The molecule has 0 unspecified atom stereocenters. The van der Waals surface area contributed by atoms with E-state index in [1.807, 2.05) is 155 Å². The lowest BCUT2D eigenvalue weighted by molar-refractivity contribution is -0.143. The first-order chi connectivity index (χ1) is 36.9. The average Bonchev–Trinajstić information content (AvgIpc) is 4.19. The van der Waals surface area contributed by atoms with Crippen molar-refractivity contribution in [2.45, 2.75) is 25.5 Å². The zero-order valence-electron chi connectivity index (χ0n) is 40.3. The Morgan fingerprint density at radius 2 is 0.844 bits per heavy atom. The van der Waals surface area contributed by atoms with Gasteiger partial charge in [0.05, 0.1) is 67.1 Å². The van der Waals surface area contributed by atoms with E-state index in [1.54, 1.807) is 19.1 Å². The van der Waals surface area contributed by atoms with Crippen LogP contribution in [0, 0.1) is 18.3 Å². The predicted octanol–water partition coefficient (Wildman–Crippen LogP) is 18.8. The summed E-state index contributed by atoms with van der Waals surface area (Å²) in [6, 6.07) is 59.7. The number of fused-ring (bicyclic) bond motifs is 6. The molecule has 0 bridgehead atoms. The number of hydrogen-bond donors (Lipinski definition) is 0. The third-order valence-corrected chi connectivity index (χ3v) is 14.2. The standard InChI is InChI=1S/C64H37F9N4/c1-37-28-44(62(65,66)67)22-26-46(37)40-20-24-50-48-16-8-10-18-56(48)76(59(50)31-40)58-35-52(42-29-54(38-12-4-2-5-13-38)75-55(30-42)39-14-6-3-7-15-39)61(33-43(58)36-74)77-57-19-11-9-17-49(57)51-25-21-41(32-60(51)77)47-27-23-45(63(68,69)70)34-53(47)64(71,72)73/h2-35H,1H3. The maximum Gasteiger partial charge on any atom is 0.417 e. The molecule has 3 heterocycles. The number of aromatic nitrogens is 3. The Morgan fingerprint density at radius 1 is 0.377 bits per heavy atom. The molecule has 0 amide bonds. The molecule has 0 fully saturated rings. The summed E-state index contributed by atoms with van der Waals surface area (Å²) in [4.78, 5) is 5.15. The summed E-state index contributed by atoms with van der Waals surface area (Å²) < 4.78 is 132. The highest BCUT2D eigenvalue weighted by Gasteiger charge is 2.39. The van der Waals surface area contributed by atoms with Gasteiger partial charge in [-0.25, -0.2) is 4.98 Å². The highest BCUT2D eigenvalue weighted by molar-refractivity contribution is 6.12. The van der Waals surface area contributed by atoms with Crippen molar-refractivity contribution in [3.8, 4) is 73.3 Å². The SMILES string of the molecule is Cc1cc(C(F)(F)F)ccc1-c1ccc2c3ccccc3n(-c3cc(-c4cc(-c5ccccc5)nc(-c5ccccc5)c4)c(-n4c5ccccc5c5ccc(-c6ccc(C(F)(F)F)cc6C(F)(F)F)cc54)cc3C#N)c2c1. The van der Waals surface area contributed by atoms with E-state index in [1.165, 1.54) is 18.2 Å². The molecule has 77 heavy (non-hydrogen) atoms. The van der Waals surface area contributed by atoms with Crippen LogP contribution in [-0.4, -0.2) is 14.1 Å². The van der Waals surface area contributed by atoms with Crippen molar-refractivity contribution in [1.29, 1.82) is 5.26 Å². The number of halogens is 9. The molecule has 0 atom stereocenters. The van der Waals surface area contributed by atoms with Gasteiger partial charge in [0.25, 0.3) is 0 Å². The lowest BCUT2D eigenvalue weighted by Gasteiger charge is -2.20. The molecular formula is C64H37F9N4. The number of alkyl halides is 9. The van der Waals surface area contributed by atoms with Gasteiger partial charge in [0.1, 0.15) is 6.07 Å². The van der Waals surface area contributed by atoms with E-state index < -0.39 is 40.8 Å². The van der Waals surface area contributed by atoms with Gasteiger partial charge in [0.15, 0.2) is 0 Å². The molecule has 0 aliphatic rings. The molecule has 3 aromatic heterocycles. The monoisotopic (exact) mass is 1030 g/mol. The number of para-hydroxylation sites is 2. The minimum atomic E-state index is -5.15. The van der Waals surface area contributed by atoms with Gasteiger partial charge < -0.3 is 9.13 Å². The molecule has 0 aliphatic heterocycles. The molecule has 0 saturated carbocycles. The maximum atomic E-state index is 14.8. The summed E-state index contributed by atoms with van der Waals surface area (Å²) in [6.45, 7) is 1.63. The van der Waals surface area contributed by atoms with Gasteiger partial charge >= 0.3 is 18.5 Å². The maximum absolute atomic E-state index is 14.8. The quantitative estimate of drug-likeness (QED) is 0.149. The molecule has 0 radical (unpaired) electrons. The molecule has 0 aliphatic carbocycles. The number of nitrogens with zero attached hydrogens (tertiary/aromatic N) is 4. The normalized spacial score (nSPS) is 12.3. The highest BCUT2D eigenvalue weighted by Crippen LogP contribution is 2.46. The van der Waals surface area contributed by atoms with Gasteiger partial charge in [-0.2, -0.15) is 44.8 Å². The first-order valence-electron chi connectivity index (χ1n) is 24.2. The fourth-order valence-corrected chi connectivity index (χ4v) is 10.6. The van der Waals surface area contributed by atoms with Crippen molar-refractivity contribution >= 4 is 43.6 Å². The van der Waals surface area contributed by atoms with Crippen LogP contribution in [0.15, 0.2) is 206 Å². The Balaban J connectivity index is 1.19. The molecule has 0 spiro atoms. The average molecular weight is 1030 g/mol. The van der Waals surface area contributed by atoms with Crippen molar-refractivity contribution in [2.75, 3.05) is 0 Å². The highest BCUT2D eigenvalue weighted by atomic mass is 19.4. The molecular weight excluding hydrogens is 996 g/mol. The fraction of sp³-hybridized carbons (Fsp3) is 0.0625. The zero-order chi connectivity index (χ0) is 53.5. The third-order valence-electron chi connectivity index (χ3n) is 14.2. The lowest BCUT2D eigenvalue weighted by Crippen LogP contribution is -2.12. The summed E-state index contributed by atoms with van der Waals surface area (Å²) in [5, 5.41) is 14.4. The molecule has 12 aromatic rings. The molecule has 0 saturated heterocycles. The van der Waals surface area contributed by atoms with Crippen molar-refractivity contribution in [3.63, 3.8) is 0 Å². The molecule has 0 N–H and O–H groups in total. The Kier molecular flexibility index (Phi) is 11.4. The topological polar surface area (TPSA) is 46.5 Å². The minimum Gasteiger partial charge on any atom is -0.309 e. The van der Waals surface area contributed by atoms with Crippen molar-refractivity contribution in [1.82, 2.24) is 14.1 Å². The van der Waals surface area contributed by atoms with Crippen LogP contribution in [0.2, 0.25) is 0 Å². The summed E-state index contributed by atoms with van der Waals surface area (Å²) in [5.74, 6) is 0.